The van der Waals surface area contributed by atoms with Crippen molar-refractivity contribution in [1.82, 2.24) is 5.32 Å². The minimum absolute atomic E-state index is 0.159. The predicted octanol–water partition coefficient (Wildman–Crippen LogP) is 1.79. The Morgan fingerprint density at radius 2 is 2.06 bits per heavy atom. The lowest BCUT2D eigenvalue weighted by molar-refractivity contribution is -0.115. The summed E-state index contributed by atoms with van der Waals surface area (Å²) in [6.45, 7) is 4.68. The molecule has 96 valence electrons. The monoisotopic (exact) mass is 245 g/mol. The molecule has 0 aliphatic rings. The lowest BCUT2D eigenvalue weighted by Crippen LogP contribution is -2.36. The summed E-state index contributed by atoms with van der Waals surface area (Å²) < 4.78 is 0. The summed E-state index contributed by atoms with van der Waals surface area (Å²) in [7, 11) is 0. The minimum Gasteiger partial charge on any atom is -0.370 e. The van der Waals surface area contributed by atoms with Crippen molar-refractivity contribution in [3.05, 3.63) is 42.0 Å². The first kappa shape index (κ1) is 14.0. The van der Waals surface area contributed by atoms with Crippen LogP contribution < -0.4 is 11.1 Å². The Balaban J connectivity index is 2.47. The minimum atomic E-state index is -0.274. The van der Waals surface area contributed by atoms with E-state index in [0.717, 1.165) is 5.56 Å². The van der Waals surface area contributed by atoms with Crippen LogP contribution in [0.3, 0.4) is 0 Å². The fraction of sp³-hybridized carbons (Fsp3) is 0.286. The number of amides is 1. The molecule has 4 nitrogen and oxygen atoms in total. The number of rotatable bonds is 4. The zero-order valence-electron chi connectivity index (χ0n) is 10.8. The van der Waals surface area contributed by atoms with Crippen molar-refractivity contribution < 1.29 is 4.79 Å². The molecule has 0 aliphatic heterocycles. The van der Waals surface area contributed by atoms with Crippen LogP contribution in [-0.2, 0) is 4.79 Å². The van der Waals surface area contributed by atoms with Gasteiger partial charge in [0.15, 0.2) is 5.96 Å². The average molecular weight is 245 g/mol. The number of hydrogen-bond donors (Lipinski definition) is 2. The fourth-order valence-corrected chi connectivity index (χ4v) is 1.22. The van der Waals surface area contributed by atoms with Crippen molar-refractivity contribution in [3.8, 4) is 0 Å². The van der Waals surface area contributed by atoms with E-state index in [1.54, 1.807) is 6.08 Å². The van der Waals surface area contributed by atoms with Crippen LogP contribution in [0.5, 0.6) is 0 Å². The maximum absolute atomic E-state index is 11.5. The highest BCUT2D eigenvalue weighted by Crippen LogP contribution is 2.00. The fourth-order valence-electron chi connectivity index (χ4n) is 1.22. The van der Waals surface area contributed by atoms with Gasteiger partial charge in [-0.05, 0) is 17.6 Å². The molecular formula is C14H19N3O. The number of nitrogens with zero attached hydrogens (tertiary/aromatic N) is 1. The molecule has 0 aromatic heterocycles. The molecule has 1 rings (SSSR count). The van der Waals surface area contributed by atoms with E-state index >= 15 is 0 Å². The topological polar surface area (TPSA) is 67.5 Å². The molecule has 0 saturated heterocycles. The van der Waals surface area contributed by atoms with Crippen LogP contribution in [0.25, 0.3) is 6.08 Å². The Bertz CT molecular complexity index is 436. The van der Waals surface area contributed by atoms with Crippen LogP contribution in [-0.4, -0.2) is 18.4 Å². The molecule has 0 spiro atoms. The number of carbonyl (C=O) groups excluding carboxylic acids is 1. The van der Waals surface area contributed by atoms with Gasteiger partial charge in [0.05, 0.1) is 0 Å². The van der Waals surface area contributed by atoms with Crippen molar-refractivity contribution in [2.24, 2.45) is 16.6 Å². The number of aliphatic imine (C=N–C) groups is 1. The standard InChI is InChI=1S/C14H19N3O/c1-11(2)10-16-14(15)17-13(18)9-8-12-6-4-3-5-7-12/h3-9,11H,10H2,1-2H3,(H3,15,16,17,18). The first-order valence-corrected chi connectivity index (χ1v) is 5.92. The van der Waals surface area contributed by atoms with Gasteiger partial charge in [-0.15, -0.1) is 0 Å². The maximum atomic E-state index is 11.5. The van der Waals surface area contributed by atoms with Crippen LogP contribution in [0.4, 0.5) is 0 Å². The Labute approximate surface area is 108 Å². The van der Waals surface area contributed by atoms with E-state index in [2.05, 4.69) is 10.3 Å². The summed E-state index contributed by atoms with van der Waals surface area (Å²) in [6, 6.07) is 9.58. The molecule has 0 fully saturated rings. The number of guanidine groups is 1. The van der Waals surface area contributed by atoms with E-state index in [1.807, 2.05) is 44.2 Å². The van der Waals surface area contributed by atoms with Gasteiger partial charge in [0.2, 0.25) is 0 Å². The van der Waals surface area contributed by atoms with Gasteiger partial charge in [0.1, 0.15) is 0 Å². The number of nitrogens with two attached hydrogens (primary N) is 1. The van der Waals surface area contributed by atoms with Gasteiger partial charge < -0.3 is 5.73 Å². The summed E-state index contributed by atoms with van der Waals surface area (Å²) in [4.78, 5) is 15.6. The molecule has 0 aliphatic carbocycles. The number of nitrogens with one attached hydrogen (secondary N) is 1. The van der Waals surface area contributed by atoms with Gasteiger partial charge in [-0.2, -0.15) is 0 Å². The third-order valence-electron chi connectivity index (χ3n) is 2.10. The van der Waals surface area contributed by atoms with E-state index in [1.165, 1.54) is 6.08 Å². The highest BCUT2D eigenvalue weighted by Gasteiger charge is 1.98. The maximum Gasteiger partial charge on any atom is 0.250 e. The smallest absolute Gasteiger partial charge is 0.250 e. The molecular weight excluding hydrogens is 226 g/mol. The number of hydrogen-bond acceptors (Lipinski definition) is 2. The predicted molar refractivity (Wildman–Crippen MR) is 74.9 cm³/mol. The molecule has 4 heteroatoms. The van der Waals surface area contributed by atoms with E-state index in [9.17, 15) is 4.79 Å². The van der Waals surface area contributed by atoms with Crippen molar-refractivity contribution in [1.29, 1.82) is 0 Å². The summed E-state index contributed by atoms with van der Waals surface area (Å²) in [5.74, 6) is 0.301. The van der Waals surface area contributed by atoms with Crippen LogP contribution in [0.2, 0.25) is 0 Å². The molecule has 0 atom stereocenters. The third-order valence-corrected chi connectivity index (χ3v) is 2.10. The largest absolute Gasteiger partial charge is 0.370 e. The summed E-state index contributed by atoms with van der Waals surface area (Å²) >= 11 is 0. The molecule has 0 saturated carbocycles. The Kier molecular flexibility index (Phi) is 5.64. The number of benzene rings is 1. The number of carbonyl (C=O) groups is 1. The quantitative estimate of drug-likeness (QED) is 0.482. The second-order valence-electron chi connectivity index (χ2n) is 4.35. The Morgan fingerprint density at radius 3 is 2.67 bits per heavy atom. The van der Waals surface area contributed by atoms with Crippen LogP contribution >= 0.6 is 0 Å². The molecule has 1 aromatic rings. The van der Waals surface area contributed by atoms with E-state index in [-0.39, 0.29) is 11.9 Å². The molecule has 0 heterocycles. The van der Waals surface area contributed by atoms with E-state index < -0.39 is 0 Å². The van der Waals surface area contributed by atoms with Crippen LogP contribution in [0, 0.1) is 5.92 Å². The van der Waals surface area contributed by atoms with Crippen LogP contribution in [0.15, 0.2) is 41.4 Å². The van der Waals surface area contributed by atoms with Gasteiger partial charge in [-0.1, -0.05) is 44.2 Å². The summed E-state index contributed by atoms with van der Waals surface area (Å²) in [6.07, 6.45) is 3.16. The highest BCUT2D eigenvalue weighted by atomic mass is 16.1. The molecule has 3 N–H and O–H groups in total. The van der Waals surface area contributed by atoms with Crippen LogP contribution in [0.1, 0.15) is 19.4 Å². The molecule has 0 bridgehead atoms. The first-order chi connectivity index (χ1) is 8.58. The highest BCUT2D eigenvalue weighted by molar-refractivity contribution is 6.03. The Hall–Kier alpha value is -2.10. The average Bonchev–Trinajstić information content (AvgIpc) is 2.35. The summed E-state index contributed by atoms with van der Waals surface area (Å²) in [5, 5.41) is 2.51. The van der Waals surface area contributed by atoms with Gasteiger partial charge >= 0.3 is 0 Å². The van der Waals surface area contributed by atoms with Gasteiger partial charge in [0.25, 0.3) is 5.91 Å². The molecule has 1 aromatic carbocycles. The third kappa shape index (κ3) is 5.84. The van der Waals surface area contributed by atoms with Crippen molar-refractivity contribution in [2.75, 3.05) is 6.54 Å². The lowest BCUT2D eigenvalue weighted by atomic mass is 10.2. The SMILES string of the molecule is CC(C)CN=C(N)NC(=O)C=Cc1ccccc1. The van der Waals surface area contributed by atoms with Gasteiger partial charge in [-0.25, -0.2) is 0 Å². The van der Waals surface area contributed by atoms with Crippen molar-refractivity contribution in [3.63, 3.8) is 0 Å². The molecule has 18 heavy (non-hydrogen) atoms. The molecule has 0 radical (unpaired) electrons. The summed E-state index contributed by atoms with van der Waals surface area (Å²) in [5.41, 5.74) is 6.54. The van der Waals surface area contributed by atoms with Gasteiger partial charge in [0, 0.05) is 12.6 Å². The molecule has 1 amide bonds. The van der Waals surface area contributed by atoms with E-state index in [0.29, 0.717) is 12.5 Å². The second kappa shape index (κ2) is 7.27. The second-order valence-corrected chi connectivity index (χ2v) is 4.35. The lowest BCUT2D eigenvalue weighted by Gasteiger charge is -2.02. The Morgan fingerprint density at radius 1 is 1.39 bits per heavy atom. The van der Waals surface area contributed by atoms with Gasteiger partial charge in [-0.3, -0.25) is 15.1 Å². The normalized spacial score (nSPS) is 12.1. The zero-order valence-corrected chi connectivity index (χ0v) is 10.8. The van der Waals surface area contributed by atoms with E-state index in [4.69, 9.17) is 5.73 Å². The van der Waals surface area contributed by atoms with Crippen molar-refractivity contribution in [2.45, 2.75) is 13.8 Å². The zero-order chi connectivity index (χ0) is 13.4. The van der Waals surface area contributed by atoms with Crippen molar-refractivity contribution >= 4 is 17.9 Å². The first-order valence-electron chi connectivity index (χ1n) is 5.92. The molecule has 0 unspecified atom stereocenters.